The van der Waals surface area contributed by atoms with Crippen LogP contribution in [0.5, 0.6) is 0 Å². The minimum atomic E-state index is -0.151. The Morgan fingerprint density at radius 1 is 1.03 bits per heavy atom. The van der Waals surface area contributed by atoms with Crippen molar-refractivity contribution in [3.8, 4) is 0 Å². The van der Waals surface area contributed by atoms with Gasteiger partial charge in [0.2, 0.25) is 5.91 Å². The van der Waals surface area contributed by atoms with Crippen LogP contribution in [0.1, 0.15) is 65.7 Å². The van der Waals surface area contributed by atoms with Crippen molar-refractivity contribution in [3.05, 3.63) is 64.7 Å². The van der Waals surface area contributed by atoms with E-state index in [2.05, 4.69) is 41.1 Å². The SMILES string of the molecule is C[C@H](NCC(=O)Nc1ccccc1C(=O)NC1CC1)c1ccc2c(c1)CCCC2. The molecule has 5 heteroatoms. The number of para-hydroxylation sites is 1. The van der Waals surface area contributed by atoms with Gasteiger partial charge in [-0.05, 0) is 74.3 Å². The second-order valence-electron chi connectivity index (χ2n) is 8.18. The maximum Gasteiger partial charge on any atom is 0.253 e. The predicted octanol–water partition coefficient (Wildman–Crippen LogP) is 3.75. The summed E-state index contributed by atoms with van der Waals surface area (Å²) in [6.07, 6.45) is 6.92. The first kappa shape index (κ1) is 19.6. The molecule has 2 aliphatic carbocycles. The summed E-state index contributed by atoms with van der Waals surface area (Å²) in [5, 5.41) is 9.16. The molecule has 2 amide bonds. The van der Waals surface area contributed by atoms with E-state index in [0.717, 1.165) is 19.3 Å². The number of anilines is 1. The quantitative estimate of drug-likeness (QED) is 0.673. The second-order valence-corrected chi connectivity index (χ2v) is 8.18. The van der Waals surface area contributed by atoms with E-state index in [1.54, 1.807) is 12.1 Å². The fourth-order valence-corrected chi connectivity index (χ4v) is 3.86. The molecule has 29 heavy (non-hydrogen) atoms. The first-order valence-electron chi connectivity index (χ1n) is 10.6. The summed E-state index contributed by atoms with van der Waals surface area (Å²) < 4.78 is 0. The van der Waals surface area contributed by atoms with Crippen molar-refractivity contribution in [2.45, 2.75) is 57.5 Å². The summed E-state index contributed by atoms with van der Waals surface area (Å²) in [4.78, 5) is 24.9. The predicted molar refractivity (Wildman–Crippen MR) is 115 cm³/mol. The molecule has 0 saturated heterocycles. The summed E-state index contributed by atoms with van der Waals surface area (Å²) in [7, 11) is 0. The smallest absolute Gasteiger partial charge is 0.253 e. The van der Waals surface area contributed by atoms with Gasteiger partial charge in [-0.25, -0.2) is 0 Å². The summed E-state index contributed by atoms with van der Waals surface area (Å²) in [6.45, 7) is 2.27. The summed E-state index contributed by atoms with van der Waals surface area (Å²) >= 11 is 0. The molecule has 2 aliphatic rings. The van der Waals surface area contributed by atoms with Gasteiger partial charge in [-0.1, -0.05) is 30.3 Å². The number of carbonyl (C=O) groups is 2. The molecule has 0 aromatic heterocycles. The number of nitrogens with one attached hydrogen (secondary N) is 3. The fraction of sp³-hybridized carbons (Fsp3) is 0.417. The van der Waals surface area contributed by atoms with E-state index >= 15 is 0 Å². The van der Waals surface area contributed by atoms with Gasteiger partial charge in [0.15, 0.2) is 0 Å². The van der Waals surface area contributed by atoms with E-state index in [0.29, 0.717) is 11.3 Å². The minimum absolute atomic E-state index is 0.0846. The lowest BCUT2D eigenvalue weighted by atomic mass is 9.89. The third-order valence-corrected chi connectivity index (χ3v) is 5.80. The Labute approximate surface area is 172 Å². The minimum Gasteiger partial charge on any atom is -0.349 e. The molecule has 1 fully saturated rings. The molecule has 2 aromatic rings. The maximum absolute atomic E-state index is 12.5. The number of hydrogen-bond acceptors (Lipinski definition) is 3. The summed E-state index contributed by atoms with van der Waals surface area (Å²) in [5.74, 6) is -0.278. The Morgan fingerprint density at radius 3 is 2.59 bits per heavy atom. The molecule has 152 valence electrons. The highest BCUT2D eigenvalue weighted by atomic mass is 16.2. The fourth-order valence-electron chi connectivity index (χ4n) is 3.86. The van der Waals surface area contributed by atoms with Crippen molar-refractivity contribution < 1.29 is 9.59 Å². The molecule has 0 heterocycles. The molecular weight excluding hydrogens is 362 g/mol. The molecule has 2 aromatic carbocycles. The molecule has 0 bridgehead atoms. The van der Waals surface area contributed by atoms with Crippen LogP contribution in [-0.2, 0) is 17.6 Å². The van der Waals surface area contributed by atoms with E-state index in [-0.39, 0.29) is 30.4 Å². The van der Waals surface area contributed by atoms with E-state index in [1.165, 1.54) is 36.0 Å². The Hall–Kier alpha value is -2.66. The monoisotopic (exact) mass is 391 g/mol. The van der Waals surface area contributed by atoms with Crippen LogP contribution in [-0.4, -0.2) is 24.4 Å². The zero-order valence-electron chi connectivity index (χ0n) is 17.0. The maximum atomic E-state index is 12.5. The topological polar surface area (TPSA) is 70.2 Å². The van der Waals surface area contributed by atoms with Gasteiger partial charge in [0, 0.05) is 12.1 Å². The van der Waals surface area contributed by atoms with Crippen LogP contribution >= 0.6 is 0 Å². The van der Waals surface area contributed by atoms with Gasteiger partial charge in [-0.2, -0.15) is 0 Å². The number of fused-ring (bicyclic) bond motifs is 1. The van der Waals surface area contributed by atoms with Crippen LogP contribution in [0, 0.1) is 0 Å². The zero-order chi connectivity index (χ0) is 20.2. The van der Waals surface area contributed by atoms with Crippen molar-refractivity contribution in [3.63, 3.8) is 0 Å². The van der Waals surface area contributed by atoms with Crippen LogP contribution in [0.4, 0.5) is 5.69 Å². The number of benzene rings is 2. The van der Waals surface area contributed by atoms with Crippen LogP contribution in [0.25, 0.3) is 0 Å². The van der Waals surface area contributed by atoms with Gasteiger partial charge < -0.3 is 16.0 Å². The number of rotatable bonds is 7. The molecule has 4 rings (SSSR count). The lowest BCUT2D eigenvalue weighted by molar-refractivity contribution is -0.115. The Morgan fingerprint density at radius 2 is 1.79 bits per heavy atom. The van der Waals surface area contributed by atoms with E-state index in [4.69, 9.17) is 0 Å². The van der Waals surface area contributed by atoms with Crippen molar-refractivity contribution in [1.29, 1.82) is 0 Å². The van der Waals surface area contributed by atoms with Crippen molar-refractivity contribution in [2.24, 2.45) is 0 Å². The first-order valence-corrected chi connectivity index (χ1v) is 10.6. The molecular formula is C24H29N3O2. The van der Waals surface area contributed by atoms with Gasteiger partial charge >= 0.3 is 0 Å². The standard InChI is InChI=1S/C24H29N3O2/c1-16(18-11-10-17-6-2-3-7-19(17)14-18)25-15-23(28)27-22-9-5-4-8-21(22)24(29)26-20-12-13-20/h4-5,8-11,14,16,20,25H,2-3,6-7,12-13,15H2,1H3,(H,26,29)(H,27,28)/t16-/m0/s1. The molecule has 0 aliphatic heterocycles. The normalized spacial score (nSPS) is 16.6. The highest BCUT2D eigenvalue weighted by Crippen LogP contribution is 2.25. The third kappa shape index (κ3) is 5.04. The van der Waals surface area contributed by atoms with E-state index in [9.17, 15) is 9.59 Å². The van der Waals surface area contributed by atoms with Crippen LogP contribution in [0.3, 0.4) is 0 Å². The molecule has 1 atom stereocenters. The average Bonchev–Trinajstić information content (AvgIpc) is 3.56. The Bertz CT molecular complexity index is 905. The number of carbonyl (C=O) groups excluding carboxylic acids is 2. The number of amides is 2. The average molecular weight is 392 g/mol. The van der Waals surface area contributed by atoms with Gasteiger partial charge in [-0.15, -0.1) is 0 Å². The van der Waals surface area contributed by atoms with Crippen molar-refractivity contribution in [1.82, 2.24) is 10.6 Å². The largest absolute Gasteiger partial charge is 0.349 e. The molecule has 3 N–H and O–H groups in total. The first-order chi connectivity index (χ1) is 14.1. The van der Waals surface area contributed by atoms with Gasteiger partial charge in [0.1, 0.15) is 0 Å². The highest BCUT2D eigenvalue weighted by molar-refractivity contribution is 6.04. The van der Waals surface area contributed by atoms with E-state index in [1.807, 2.05) is 12.1 Å². The summed E-state index contributed by atoms with van der Waals surface area (Å²) in [5.41, 5.74) is 5.19. The molecule has 1 saturated carbocycles. The zero-order valence-corrected chi connectivity index (χ0v) is 17.0. The molecule has 0 radical (unpaired) electrons. The van der Waals surface area contributed by atoms with E-state index < -0.39 is 0 Å². The van der Waals surface area contributed by atoms with Gasteiger partial charge in [0.05, 0.1) is 17.8 Å². The van der Waals surface area contributed by atoms with Crippen molar-refractivity contribution in [2.75, 3.05) is 11.9 Å². The van der Waals surface area contributed by atoms with Gasteiger partial charge in [0.25, 0.3) is 5.91 Å². The van der Waals surface area contributed by atoms with Crippen molar-refractivity contribution >= 4 is 17.5 Å². The third-order valence-electron chi connectivity index (χ3n) is 5.80. The Balaban J connectivity index is 1.34. The Kier molecular flexibility index (Phi) is 5.95. The molecule has 5 nitrogen and oxygen atoms in total. The summed E-state index contributed by atoms with van der Waals surface area (Å²) in [6, 6.07) is 14.2. The lowest BCUT2D eigenvalue weighted by Crippen LogP contribution is -2.31. The highest BCUT2D eigenvalue weighted by Gasteiger charge is 2.25. The number of hydrogen-bond donors (Lipinski definition) is 3. The second kappa shape index (κ2) is 8.78. The molecule has 0 spiro atoms. The van der Waals surface area contributed by atoms with Gasteiger partial charge in [-0.3, -0.25) is 9.59 Å². The lowest BCUT2D eigenvalue weighted by Gasteiger charge is -2.20. The van der Waals surface area contributed by atoms with Crippen LogP contribution in [0.15, 0.2) is 42.5 Å². The molecule has 0 unspecified atom stereocenters. The number of aryl methyl sites for hydroxylation is 2. The van der Waals surface area contributed by atoms with Crippen LogP contribution < -0.4 is 16.0 Å². The van der Waals surface area contributed by atoms with Crippen LogP contribution in [0.2, 0.25) is 0 Å².